The zero-order valence-electron chi connectivity index (χ0n) is 23.3. The first kappa shape index (κ1) is 27.3. The zero-order chi connectivity index (χ0) is 27.6. The van der Waals surface area contributed by atoms with Gasteiger partial charge in [-0.3, -0.25) is 9.59 Å². The number of benzene rings is 2. The van der Waals surface area contributed by atoms with Crippen molar-refractivity contribution in [3.05, 3.63) is 54.1 Å². The van der Waals surface area contributed by atoms with Crippen molar-refractivity contribution in [2.24, 2.45) is 0 Å². The van der Waals surface area contributed by atoms with E-state index in [0.29, 0.717) is 36.8 Å². The van der Waals surface area contributed by atoms with Gasteiger partial charge in [-0.1, -0.05) is 18.2 Å². The molecular weight excluding hydrogens is 480 g/mol. The normalized spacial score (nSPS) is 16.5. The molecule has 2 aromatic rings. The quantitative estimate of drug-likeness (QED) is 0.231. The molecule has 7 nitrogen and oxygen atoms in total. The molecule has 1 N–H and O–H groups in total. The van der Waals surface area contributed by atoms with Gasteiger partial charge in [-0.05, 0) is 64.0 Å². The van der Waals surface area contributed by atoms with Crippen LogP contribution >= 0.6 is 0 Å². The fourth-order valence-corrected chi connectivity index (χ4v) is 5.53. The lowest BCUT2D eigenvalue weighted by Gasteiger charge is -2.37. The molecule has 0 aromatic heterocycles. The Morgan fingerprint density at radius 2 is 1.87 bits per heavy atom. The van der Waals surface area contributed by atoms with E-state index in [1.807, 2.05) is 26.0 Å². The van der Waals surface area contributed by atoms with Crippen LogP contribution in [-0.4, -0.2) is 42.5 Å². The minimum atomic E-state index is -0.485. The van der Waals surface area contributed by atoms with Crippen LogP contribution in [0.25, 0.3) is 16.7 Å². The summed E-state index contributed by atoms with van der Waals surface area (Å²) < 4.78 is 18.0. The Bertz CT molecular complexity index is 1290. The van der Waals surface area contributed by atoms with Gasteiger partial charge in [-0.2, -0.15) is 0 Å². The Balaban J connectivity index is 1.73. The fraction of sp³-hybridized carbons (Fsp3) is 0.419. The molecule has 0 radical (unpaired) electrons. The zero-order valence-corrected chi connectivity index (χ0v) is 23.3. The number of ether oxygens (including phenoxy) is 3. The second-order valence-electron chi connectivity index (χ2n) is 10.3. The van der Waals surface area contributed by atoms with E-state index in [9.17, 15) is 9.59 Å². The fourth-order valence-electron chi connectivity index (χ4n) is 5.53. The van der Waals surface area contributed by atoms with Gasteiger partial charge in [0.05, 0.1) is 24.6 Å². The first-order valence-corrected chi connectivity index (χ1v) is 13.3. The minimum Gasteiger partial charge on any atom is -0.492 e. The Labute approximate surface area is 225 Å². The van der Waals surface area contributed by atoms with Crippen molar-refractivity contribution in [3.63, 3.8) is 0 Å². The lowest BCUT2D eigenvalue weighted by Crippen LogP contribution is -2.32. The number of hydrogen-bond donors (Lipinski definition) is 1. The molecule has 0 saturated carbocycles. The van der Waals surface area contributed by atoms with Crippen LogP contribution in [0.1, 0.15) is 71.1 Å². The van der Waals surface area contributed by atoms with Crippen LogP contribution in [0.2, 0.25) is 0 Å². The molecule has 1 atom stereocenters. The van der Waals surface area contributed by atoms with Crippen molar-refractivity contribution in [1.82, 2.24) is 4.90 Å². The van der Waals surface area contributed by atoms with Gasteiger partial charge in [-0.15, -0.1) is 6.58 Å². The van der Waals surface area contributed by atoms with Crippen LogP contribution in [0.4, 0.5) is 5.69 Å². The number of hydrogen-bond acceptors (Lipinski definition) is 6. The van der Waals surface area contributed by atoms with Gasteiger partial charge in [0.25, 0.3) is 0 Å². The van der Waals surface area contributed by atoms with Crippen LogP contribution < -0.4 is 19.5 Å². The number of allylic oxidation sites excluding steroid dienone is 1. The van der Waals surface area contributed by atoms with Crippen LogP contribution in [0.5, 0.6) is 17.2 Å². The number of nitrogens with zero attached hydrogens (tertiary/aromatic N) is 1. The van der Waals surface area contributed by atoms with Gasteiger partial charge in [0, 0.05) is 42.7 Å². The molecule has 2 heterocycles. The van der Waals surface area contributed by atoms with Crippen molar-refractivity contribution in [3.8, 4) is 28.4 Å². The second-order valence-corrected chi connectivity index (χ2v) is 10.3. The van der Waals surface area contributed by atoms with Crippen LogP contribution in [-0.2, 0) is 9.59 Å². The second kappa shape index (κ2) is 10.9. The Hall–Kier alpha value is -3.74. The van der Waals surface area contributed by atoms with E-state index >= 15 is 0 Å². The van der Waals surface area contributed by atoms with Crippen LogP contribution in [0, 0.1) is 0 Å². The monoisotopic (exact) mass is 518 g/mol. The summed E-state index contributed by atoms with van der Waals surface area (Å²) in [5.41, 5.74) is 5.93. The van der Waals surface area contributed by atoms with E-state index in [1.54, 1.807) is 18.1 Å². The molecule has 1 unspecified atom stereocenters. The molecule has 2 aromatic carbocycles. The first-order chi connectivity index (χ1) is 18.1. The lowest BCUT2D eigenvalue weighted by molar-refractivity contribution is -0.139. The third-order valence-electron chi connectivity index (χ3n) is 7.09. The SMILES string of the molecule is C=CCC1Oc2ccc(OC(=O)CCC(=O)N(CC)CC)c(OC)c2-c2ccc3c(c21)C(C)=CC(C)(C)N3. The van der Waals surface area contributed by atoms with Crippen molar-refractivity contribution in [2.75, 3.05) is 25.5 Å². The van der Waals surface area contributed by atoms with E-state index in [2.05, 4.69) is 50.9 Å². The van der Waals surface area contributed by atoms with Crippen molar-refractivity contribution in [1.29, 1.82) is 0 Å². The number of carbonyl (C=O) groups excluding carboxylic acids is 2. The minimum absolute atomic E-state index is 0.0109. The molecule has 0 bridgehead atoms. The molecule has 0 spiro atoms. The predicted molar refractivity (Wildman–Crippen MR) is 151 cm³/mol. The highest BCUT2D eigenvalue weighted by Gasteiger charge is 2.35. The summed E-state index contributed by atoms with van der Waals surface area (Å²) in [6, 6.07) is 7.66. The number of amides is 1. The molecule has 2 aliphatic rings. The highest BCUT2D eigenvalue weighted by Crippen LogP contribution is 2.54. The summed E-state index contributed by atoms with van der Waals surface area (Å²) >= 11 is 0. The van der Waals surface area contributed by atoms with E-state index < -0.39 is 5.97 Å². The van der Waals surface area contributed by atoms with E-state index in [0.717, 1.165) is 27.9 Å². The van der Waals surface area contributed by atoms with E-state index in [4.69, 9.17) is 14.2 Å². The maximum absolute atomic E-state index is 12.7. The van der Waals surface area contributed by atoms with Crippen molar-refractivity contribution in [2.45, 2.75) is 65.5 Å². The Morgan fingerprint density at radius 1 is 1.13 bits per heavy atom. The number of rotatable bonds is 9. The molecule has 7 heteroatoms. The van der Waals surface area contributed by atoms with Gasteiger partial charge >= 0.3 is 5.97 Å². The number of esters is 1. The van der Waals surface area contributed by atoms with Crippen LogP contribution in [0.15, 0.2) is 43.0 Å². The highest BCUT2D eigenvalue weighted by molar-refractivity contribution is 5.92. The molecule has 1 amide bonds. The Morgan fingerprint density at radius 3 is 2.53 bits per heavy atom. The van der Waals surface area contributed by atoms with Gasteiger partial charge in [0.2, 0.25) is 5.91 Å². The van der Waals surface area contributed by atoms with E-state index in [-0.39, 0.29) is 30.4 Å². The largest absolute Gasteiger partial charge is 0.492 e. The Kier molecular flexibility index (Phi) is 7.86. The average Bonchev–Trinajstić information content (AvgIpc) is 2.87. The average molecular weight is 519 g/mol. The van der Waals surface area contributed by atoms with Gasteiger partial charge in [0.15, 0.2) is 11.5 Å². The summed E-state index contributed by atoms with van der Waals surface area (Å²) in [5, 5.41) is 3.62. The molecule has 38 heavy (non-hydrogen) atoms. The number of fused-ring (bicyclic) bond motifs is 5. The molecular formula is C31H38N2O5. The molecule has 2 aliphatic heterocycles. The summed E-state index contributed by atoms with van der Waals surface area (Å²) in [5.74, 6) is 0.830. The van der Waals surface area contributed by atoms with Crippen molar-refractivity contribution < 1.29 is 23.8 Å². The van der Waals surface area contributed by atoms with Crippen LogP contribution in [0.3, 0.4) is 0 Å². The highest BCUT2D eigenvalue weighted by atomic mass is 16.6. The summed E-state index contributed by atoms with van der Waals surface area (Å²) in [6.07, 6.45) is 4.60. The topological polar surface area (TPSA) is 77.1 Å². The number of methoxy groups -OCH3 is 1. The molecule has 0 saturated heterocycles. The summed E-state index contributed by atoms with van der Waals surface area (Å²) in [6.45, 7) is 15.4. The van der Waals surface area contributed by atoms with Gasteiger partial charge in [-0.25, -0.2) is 0 Å². The van der Waals surface area contributed by atoms with Crippen molar-refractivity contribution >= 4 is 23.1 Å². The maximum atomic E-state index is 12.7. The maximum Gasteiger partial charge on any atom is 0.311 e. The standard InChI is InChI=1S/C31H38N2O5/c1-8-11-22-28-20(12-13-21-27(28)19(4)18-31(5,6)32-21)29-23(37-22)14-15-24(30(29)36-7)38-26(35)17-16-25(34)33(9-2)10-3/h8,12-15,18,22,32H,1,9-11,16-17H2,2-7H3. The summed E-state index contributed by atoms with van der Waals surface area (Å²) in [7, 11) is 1.56. The third-order valence-corrected chi connectivity index (χ3v) is 7.09. The first-order valence-electron chi connectivity index (χ1n) is 13.3. The van der Waals surface area contributed by atoms with Gasteiger partial charge < -0.3 is 24.4 Å². The smallest absolute Gasteiger partial charge is 0.311 e. The molecule has 202 valence electrons. The predicted octanol–water partition coefficient (Wildman–Crippen LogP) is 6.53. The van der Waals surface area contributed by atoms with E-state index in [1.165, 1.54) is 5.57 Å². The molecule has 0 fully saturated rings. The summed E-state index contributed by atoms with van der Waals surface area (Å²) in [4.78, 5) is 26.8. The van der Waals surface area contributed by atoms with Gasteiger partial charge in [0.1, 0.15) is 11.9 Å². The molecule has 0 aliphatic carbocycles. The lowest BCUT2D eigenvalue weighted by atomic mass is 9.81. The number of anilines is 1. The molecule has 4 rings (SSSR count). The third kappa shape index (κ3) is 5.15. The number of nitrogens with one attached hydrogen (secondary N) is 1. The number of carbonyl (C=O) groups is 2.